The molecule has 2 rings (SSSR count). The minimum atomic E-state index is -0.343. The van der Waals surface area contributed by atoms with Gasteiger partial charge in [-0.2, -0.15) is 0 Å². The fourth-order valence-electron chi connectivity index (χ4n) is 3.88. The Hall–Kier alpha value is -0.570. The van der Waals surface area contributed by atoms with Crippen LogP contribution in [0.25, 0.3) is 0 Å². The first-order chi connectivity index (χ1) is 8.50. The monoisotopic (exact) mass is 254 g/mol. The van der Waals surface area contributed by atoms with Gasteiger partial charge in [0.15, 0.2) is 0 Å². The second-order valence-corrected chi connectivity index (χ2v) is 6.27. The average molecular weight is 254 g/mol. The van der Waals surface area contributed by atoms with Gasteiger partial charge in [-0.05, 0) is 31.6 Å². The Kier molecular flexibility index (Phi) is 3.72. The van der Waals surface area contributed by atoms with Crippen molar-refractivity contribution in [3.8, 4) is 0 Å². The van der Waals surface area contributed by atoms with Gasteiger partial charge in [0.1, 0.15) is 5.60 Å². The second-order valence-electron chi connectivity index (χ2n) is 6.27. The number of hydrogen-bond donors (Lipinski definition) is 0. The van der Waals surface area contributed by atoms with Crippen molar-refractivity contribution in [3.05, 3.63) is 0 Å². The number of rotatable bonds is 3. The summed E-state index contributed by atoms with van der Waals surface area (Å²) in [5.41, 5.74) is -0.640. The highest BCUT2D eigenvalue weighted by Crippen LogP contribution is 2.53. The molecule has 1 aliphatic heterocycles. The van der Waals surface area contributed by atoms with Crippen LogP contribution in [0.2, 0.25) is 0 Å². The first-order valence-electron chi connectivity index (χ1n) is 7.27. The van der Waals surface area contributed by atoms with Crippen LogP contribution in [0.15, 0.2) is 0 Å². The van der Waals surface area contributed by atoms with Crippen molar-refractivity contribution < 1.29 is 14.3 Å². The van der Waals surface area contributed by atoms with Crippen LogP contribution < -0.4 is 0 Å². The third-order valence-corrected chi connectivity index (χ3v) is 5.24. The number of ether oxygens (including phenoxy) is 2. The Bertz CT molecular complexity index is 326. The molecule has 0 aromatic rings. The zero-order chi connectivity index (χ0) is 13.4. The molecule has 1 saturated heterocycles. The summed E-state index contributed by atoms with van der Waals surface area (Å²) in [6, 6.07) is 0. The van der Waals surface area contributed by atoms with Crippen molar-refractivity contribution in [2.75, 3.05) is 7.11 Å². The highest BCUT2D eigenvalue weighted by molar-refractivity contribution is 5.80. The Morgan fingerprint density at radius 2 is 2.17 bits per heavy atom. The van der Waals surface area contributed by atoms with Crippen molar-refractivity contribution in [2.24, 2.45) is 11.3 Å². The van der Waals surface area contributed by atoms with Gasteiger partial charge in [-0.1, -0.05) is 27.2 Å². The van der Waals surface area contributed by atoms with Gasteiger partial charge in [0.05, 0.1) is 11.5 Å². The van der Waals surface area contributed by atoms with E-state index >= 15 is 0 Å². The lowest BCUT2D eigenvalue weighted by Gasteiger charge is -2.39. The first-order valence-corrected chi connectivity index (χ1v) is 7.27. The van der Waals surface area contributed by atoms with E-state index in [0.29, 0.717) is 5.92 Å². The number of methoxy groups -OCH3 is 1. The van der Waals surface area contributed by atoms with E-state index in [1.807, 2.05) is 0 Å². The summed E-state index contributed by atoms with van der Waals surface area (Å²) in [4.78, 5) is 12.4. The second kappa shape index (κ2) is 4.84. The molecule has 3 heteroatoms. The van der Waals surface area contributed by atoms with Crippen LogP contribution in [0.5, 0.6) is 0 Å². The maximum Gasteiger partial charge on any atom is 0.313 e. The highest BCUT2D eigenvalue weighted by atomic mass is 16.6. The van der Waals surface area contributed by atoms with Gasteiger partial charge in [-0.25, -0.2) is 0 Å². The van der Waals surface area contributed by atoms with Gasteiger partial charge < -0.3 is 9.47 Å². The Balaban J connectivity index is 2.30. The van der Waals surface area contributed by atoms with Crippen LogP contribution in [0, 0.1) is 11.3 Å². The minimum Gasteiger partial charge on any atom is -0.456 e. The first kappa shape index (κ1) is 13.9. The van der Waals surface area contributed by atoms with E-state index in [-0.39, 0.29) is 23.1 Å². The van der Waals surface area contributed by atoms with Gasteiger partial charge in [-0.15, -0.1) is 0 Å². The molecule has 1 heterocycles. The summed E-state index contributed by atoms with van der Waals surface area (Å²) in [5.74, 6) is 0.331. The van der Waals surface area contributed by atoms with Crippen LogP contribution in [0.3, 0.4) is 0 Å². The molecule has 0 amide bonds. The van der Waals surface area contributed by atoms with E-state index in [9.17, 15) is 4.79 Å². The molecule has 2 fully saturated rings. The topological polar surface area (TPSA) is 35.5 Å². The molecule has 0 bridgehead atoms. The molecular weight excluding hydrogens is 228 g/mol. The lowest BCUT2D eigenvalue weighted by atomic mass is 9.67. The van der Waals surface area contributed by atoms with Crippen molar-refractivity contribution in [1.82, 2.24) is 0 Å². The summed E-state index contributed by atoms with van der Waals surface area (Å²) in [5, 5.41) is 0. The molecule has 0 aromatic carbocycles. The van der Waals surface area contributed by atoms with E-state index in [0.717, 1.165) is 32.1 Å². The van der Waals surface area contributed by atoms with Gasteiger partial charge >= 0.3 is 5.97 Å². The molecule has 2 aliphatic rings. The highest BCUT2D eigenvalue weighted by Gasteiger charge is 2.60. The van der Waals surface area contributed by atoms with E-state index in [1.165, 1.54) is 6.42 Å². The molecule has 18 heavy (non-hydrogen) atoms. The largest absolute Gasteiger partial charge is 0.456 e. The molecule has 1 spiro atoms. The van der Waals surface area contributed by atoms with E-state index < -0.39 is 0 Å². The van der Waals surface area contributed by atoms with Gasteiger partial charge in [0, 0.05) is 13.5 Å². The van der Waals surface area contributed by atoms with Crippen LogP contribution in [-0.4, -0.2) is 24.8 Å². The third kappa shape index (κ3) is 1.87. The summed E-state index contributed by atoms with van der Waals surface area (Å²) in [6.07, 6.45) is 6.09. The van der Waals surface area contributed by atoms with Crippen LogP contribution >= 0.6 is 0 Å². The fourth-order valence-corrected chi connectivity index (χ4v) is 3.88. The van der Waals surface area contributed by atoms with Gasteiger partial charge in [-0.3, -0.25) is 4.79 Å². The molecule has 3 unspecified atom stereocenters. The lowest BCUT2D eigenvalue weighted by molar-refractivity contribution is -0.169. The zero-order valence-electron chi connectivity index (χ0n) is 12.1. The van der Waals surface area contributed by atoms with E-state index in [2.05, 4.69) is 20.8 Å². The summed E-state index contributed by atoms with van der Waals surface area (Å²) in [6.45, 7) is 6.37. The van der Waals surface area contributed by atoms with Gasteiger partial charge in [0.2, 0.25) is 0 Å². The van der Waals surface area contributed by atoms with Crippen LogP contribution in [0.4, 0.5) is 0 Å². The molecule has 1 aliphatic carbocycles. The Morgan fingerprint density at radius 3 is 2.67 bits per heavy atom. The maximum atomic E-state index is 12.4. The molecule has 3 nitrogen and oxygen atoms in total. The van der Waals surface area contributed by atoms with Crippen molar-refractivity contribution in [1.29, 1.82) is 0 Å². The van der Waals surface area contributed by atoms with Crippen LogP contribution in [-0.2, 0) is 14.3 Å². The third-order valence-electron chi connectivity index (χ3n) is 5.24. The molecule has 104 valence electrons. The average Bonchev–Trinajstić information content (AvgIpc) is 2.64. The lowest BCUT2D eigenvalue weighted by Crippen LogP contribution is -2.46. The number of carbonyl (C=O) groups is 1. The summed E-state index contributed by atoms with van der Waals surface area (Å²) < 4.78 is 11.5. The quantitative estimate of drug-likeness (QED) is 0.725. The standard InChI is InChI=1S/C15H26O3/c1-5-14(11(2)3)10-15(18-13(14)16)9-7-6-8-12(15)17-4/h11-12H,5-10H2,1-4H3. The molecule has 1 saturated carbocycles. The van der Waals surface area contributed by atoms with Gasteiger partial charge in [0.25, 0.3) is 0 Å². The SMILES string of the molecule is CCC1(C(C)C)CC2(CCCCC2OC)OC1=O. The summed E-state index contributed by atoms with van der Waals surface area (Å²) in [7, 11) is 1.74. The zero-order valence-corrected chi connectivity index (χ0v) is 12.1. The normalized spacial score (nSPS) is 40.5. The molecule has 0 aromatic heterocycles. The number of esters is 1. The van der Waals surface area contributed by atoms with Crippen molar-refractivity contribution in [3.63, 3.8) is 0 Å². The van der Waals surface area contributed by atoms with E-state index in [1.54, 1.807) is 7.11 Å². The predicted molar refractivity (Wildman–Crippen MR) is 70.3 cm³/mol. The summed E-state index contributed by atoms with van der Waals surface area (Å²) >= 11 is 0. The molecule has 0 radical (unpaired) electrons. The number of carbonyl (C=O) groups excluding carboxylic acids is 1. The smallest absolute Gasteiger partial charge is 0.313 e. The van der Waals surface area contributed by atoms with Crippen molar-refractivity contribution >= 4 is 5.97 Å². The van der Waals surface area contributed by atoms with Crippen LogP contribution in [0.1, 0.15) is 59.3 Å². The Labute approximate surface area is 110 Å². The maximum absolute atomic E-state index is 12.4. The van der Waals surface area contributed by atoms with Crippen molar-refractivity contribution in [2.45, 2.75) is 71.0 Å². The molecular formula is C15H26O3. The minimum absolute atomic E-state index is 0.00366. The fraction of sp³-hybridized carbons (Fsp3) is 0.933. The predicted octanol–water partition coefficient (Wildman–Crippen LogP) is 3.31. The molecule has 0 N–H and O–H groups in total. The van der Waals surface area contributed by atoms with E-state index in [4.69, 9.17) is 9.47 Å². The molecule has 3 atom stereocenters. The Morgan fingerprint density at radius 1 is 1.44 bits per heavy atom. The number of hydrogen-bond acceptors (Lipinski definition) is 3.